The van der Waals surface area contributed by atoms with Crippen molar-refractivity contribution in [2.75, 3.05) is 23.4 Å². The van der Waals surface area contributed by atoms with Crippen LogP contribution in [0.25, 0.3) is 0 Å². The van der Waals surface area contributed by atoms with Gasteiger partial charge in [0.15, 0.2) is 0 Å². The Kier molecular flexibility index (Phi) is 20.7. The van der Waals surface area contributed by atoms with Crippen LogP contribution >= 0.6 is 31.8 Å². The summed E-state index contributed by atoms with van der Waals surface area (Å²) in [6.07, 6.45) is 12.9. The van der Waals surface area contributed by atoms with Crippen molar-refractivity contribution < 1.29 is 13.6 Å². The molecular formula is C16H35O3PS2. The highest BCUT2D eigenvalue weighted by atomic mass is 32.2. The molecule has 0 aromatic rings. The van der Waals surface area contributed by atoms with Crippen molar-refractivity contribution in [1.82, 2.24) is 0 Å². The largest absolute Gasteiger partial charge is 0.320 e. The van der Waals surface area contributed by atoms with Gasteiger partial charge in [0.05, 0.1) is 0 Å². The molecule has 6 heteroatoms. The molecule has 0 saturated heterocycles. The summed E-state index contributed by atoms with van der Waals surface area (Å²) in [5.74, 6) is 3.16. The van der Waals surface area contributed by atoms with Gasteiger partial charge in [-0.1, -0.05) is 65.2 Å². The maximum Gasteiger partial charge on any atom is 0.320 e. The van der Waals surface area contributed by atoms with E-state index in [1.165, 1.54) is 64.2 Å². The van der Waals surface area contributed by atoms with Gasteiger partial charge in [-0.05, 0) is 24.3 Å². The fourth-order valence-corrected chi connectivity index (χ4v) is 4.53. The highest BCUT2D eigenvalue weighted by Gasteiger charge is 2.00. The van der Waals surface area contributed by atoms with Gasteiger partial charge >= 0.3 is 8.25 Å². The van der Waals surface area contributed by atoms with Gasteiger partial charge in [0, 0.05) is 0 Å². The monoisotopic (exact) mass is 370 g/mol. The Morgan fingerprint density at radius 1 is 0.682 bits per heavy atom. The molecule has 0 aliphatic heterocycles. The predicted octanol–water partition coefficient (Wildman–Crippen LogP) is 6.73. The lowest BCUT2D eigenvalue weighted by molar-refractivity contribution is 0.285. The summed E-state index contributed by atoms with van der Waals surface area (Å²) < 4.78 is 21.9. The van der Waals surface area contributed by atoms with E-state index in [9.17, 15) is 4.57 Å². The molecule has 0 bridgehead atoms. The van der Waals surface area contributed by atoms with E-state index in [1.807, 2.05) is 0 Å². The molecule has 0 heterocycles. The number of hydrogen-bond acceptors (Lipinski definition) is 5. The molecule has 0 spiro atoms. The lowest BCUT2D eigenvalue weighted by Crippen LogP contribution is -1.89. The second-order valence-electron chi connectivity index (χ2n) is 5.42. The van der Waals surface area contributed by atoms with Crippen LogP contribution in [-0.2, 0) is 13.6 Å². The molecule has 0 saturated carbocycles. The molecule has 22 heavy (non-hydrogen) atoms. The summed E-state index contributed by atoms with van der Waals surface area (Å²) in [5.41, 5.74) is 0. The SMILES string of the molecule is CCCCCCCSCO[PH](=O)OCSCCCCCCC. The molecule has 0 atom stereocenters. The first-order valence-corrected chi connectivity index (χ1v) is 12.3. The molecule has 0 aliphatic carbocycles. The second kappa shape index (κ2) is 19.9. The second-order valence-corrected chi connectivity index (χ2v) is 8.60. The van der Waals surface area contributed by atoms with Crippen LogP contribution in [0.3, 0.4) is 0 Å². The Balaban J connectivity index is 3.13. The van der Waals surface area contributed by atoms with E-state index in [0.29, 0.717) is 11.9 Å². The number of rotatable bonds is 18. The first-order valence-electron chi connectivity index (χ1n) is 8.76. The van der Waals surface area contributed by atoms with E-state index >= 15 is 0 Å². The first-order chi connectivity index (χ1) is 10.8. The van der Waals surface area contributed by atoms with Gasteiger partial charge < -0.3 is 0 Å². The number of hydrogen-bond donors (Lipinski definition) is 0. The van der Waals surface area contributed by atoms with E-state index in [4.69, 9.17) is 9.05 Å². The maximum absolute atomic E-state index is 11.5. The Labute approximate surface area is 147 Å². The van der Waals surface area contributed by atoms with Gasteiger partial charge in [-0.15, -0.1) is 23.5 Å². The molecule has 0 N–H and O–H groups in total. The zero-order valence-electron chi connectivity index (χ0n) is 14.4. The molecule has 0 radical (unpaired) electrons. The Morgan fingerprint density at radius 2 is 1.09 bits per heavy atom. The fourth-order valence-electron chi connectivity index (χ4n) is 1.95. The van der Waals surface area contributed by atoms with Crippen molar-refractivity contribution in [3.63, 3.8) is 0 Å². The molecule has 3 nitrogen and oxygen atoms in total. The van der Waals surface area contributed by atoms with Crippen molar-refractivity contribution in [3.8, 4) is 0 Å². The van der Waals surface area contributed by atoms with Crippen LogP contribution in [0.2, 0.25) is 0 Å². The lowest BCUT2D eigenvalue weighted by atomic mass is 10.2. The van der Waals surface area contributed by atoms with Crippen LogP contribution in [0, 0.1) is 0 Å². The minimum atomic E-state index is -2.28. The van der Waals surface area contributed by atoms with Gasteiger partial charge in [-0.3, -0.25) is 13.6 Å². The number of unbranched alkanes of at least 4 members (excludes halogenated alkanes) is 8. The Bertz CT molecular complexity index is 221. The van der Waals surface area contributed by atoms with E-state index < -0.39 is 8.25 Å². The van der Waals surface area contributed by atoms with Gasteiger partial charge in [0.1, 0.15) is 11.9 Å². The molecule has 0 amide bonds. The molecule has 0 aromatic heterocycles. The summed E-state index contributed by atoms with van der Waals surface area (Å²) in [6, 6.07) is 0. The third kappa shape index (κ3) is 18.9. The Hall–Kier alpha value is 0.850. The number of thioether (sulfide) groups is 2. The minimum Gasteiger partial charge on any atom is -0.300 e. The van der Waals surface area contributed by atoms with Crippen molar-refractivity contribution in [2.24, 2.45) is 0 Å². The van der Waals surface area contributed by atoms with Gasteiger partial charge in [-0.2, -0.15) is 0 Å². The molecule has 134 valence electrons. The van der Waals surface area contributed by atoms with Crippen LogP contribution in [0.5, 0.6) is 0 Å². The quantitative estimate of drug-likeness (QED) is 0.152. The van der Waals surface area contributed by atoms with E-state index in [0.717, 1.165) is 11.5 Å². The summed E-state index contributed by atoms with van der Waals surface area (Å²) in [6.45, 7) is 4.45. The zero-order valence-corrected chi connectivity index (χ0v) is 17.1. The normalized spacial score (nSPS) is 11.4. The van der Waals surface area contributed by atoms with Crippen molar-refractivity contribution in [2.45, 2.75) is 78.1 Å². The molecular weight excluding hydrogens is 335 g/mol. The summed E-state index contributed by atoms with van der Waals surface area (Å²) in [4.78, 5) is 0. The standard InChI is InChI=1S/C16H35O3PS2/c1-3-5-7-9-11-13-21-15-18-20(17)19-16-22-14-12-10-8-6-4-2/h20H,3-16H2,1-2H3. The van der Waals surface area contributed by atoms with Gasteiger partial charge in [-0.25, -0.2) is 0 Å². The van der Waals surface area contributed by atoms with Crippen molar-refractivity contribution in [3.05, 3.63) is 0 Å². The average molecular weight is 371 g/mol. The third-order valence-electron chi connectivity index (χ3n) is 3.30. The van der Waals surface area contributed by atoms with E-state index in [1.54, 1.807) is 23.5 Å². The lowest BCUT2D eigenvalue weighted by Gasteiger charge is -2.06. The molecule has 0 unspecified atom stereocenters. The summed E-state index contributed by atoms with van der Waals surface area (Å²) in [5, 5.41) is 0. The third-order valence-corrected chi connectivity index (χ3v) is 6.21. The van der Waals surface area contributed by atoms with Crippen molar-refractivity contribution >= 4 is 31.8 Å². The van der Waals surface area contributed by atoms with Crippen LogP contribution in [-0.4, -0.2) is 23.4 Å². The van der Waals surface area contributed by atoms with Gasteiger partial charge in [0.25, 0.3) is 0 Å². The topological polar surface area (TPSA) is 35.5 Å². The highest BCUT2D eigenvalue weighted by Crippen LogP contribution is 2.27. The van der Waals surface area contributed by atoms with Crippen LogP contribution in [0.1, 0.15) is 78.1 Å². The predicted molar refractivity (Wildman–Crippen MR) is 103 cm³/mol. The summed E-state index contributed by atoms with van der Waals surface area (Å²) in [7, 11) is -2.28. The summed E-state index contributed by atoms with van der Waals surface area (Å²) >= 11 is 3.42. The fraction of sp³-hybridized carbons (Fsp3) is 1.00. The van der Waals surface area contributed by atoms with Crippen molar-refractivity contribution in [1.29, 1.82) is 0 Å². The smallest absolute Gasteiger partial charge is 0.300 e. The highest BCUT2D eigenvalue weighted by molar-refractivity contribution is 7.99. The Morgan fingerprint density at radius 3 is 1.50 bits per heavy atom. The molecule has 0 fully saturated rings. The van der Waals surface area contributed by atoms with Crippen LogP contribution < -0.4 is 0 Å². The molecule has 0 rings (SSSR count). The maximum atomic E-state index is 11.5. The minimum absolute atomic E-state index is 0.493. The zero-order chi connectivity index (χ0) is 16.3. The van der Waals surface area contributed by atoms with Crippen LogP contribution in [0.4, 0.5) is 0 Å². The first kappa shape index (κ1) is 22.9. The van der Waals surface area contributed by atoms with Gasteiger partial charge in [0.2, 0.25) is 0 Å². The van der Waals surface area contributed by atoms with E-state index in [2.05, 4.69) is 13.8 Å². The molecule has 0 aliphatic rings. The average Bonchev–Trinajstić information content (AvgIpc) is 2.52. The van der Waals surface area contributed by atoms with E-state index in [-0.39, 0.29) is 0 Å². The molecule has 0 aromatic carbocycles. The van der Waals surface area contributed by atoms with Crippen LogP contribution in [0.15, 0.2) is 0 Å².